The summed E-state index contributed by atoms with van der Waals surface area (Å²) in [5, 5.41) is 2.81. The average Bonchev–Trinajstić information content (AvgIpc) is 3.47. The molecule has 4 aromatic heterocycles. The van der Waals surface area contributed by atoms with Crippen LogP contribution in [-0.4, -0.2) is 34.8 Å². The highest BCUT2D eigenvalue weighted by Crippen LogP contribution is 2.28. The van der Waals surface area contributed by atoms with Crippen LogP contribution in [0.2, 0.25) is 0 Å². The normalized spacial score (nSPS) is 11.1. The van der Waals surface area contributed by atoms with Crippen LogP contribution in [0.15, 0.2) is 61.6 Å². The minimum Gasteiger partial charge on any atom is -0.306 e. The summed E-state index contributed by atoms with van der Waals surface area (Å²) in [5.74, 6) is 0.410. The quantitative estimate of drug-likeness (QED) is 0.479. The molecule has 1 amide bonds. The largest absolute Gasteiger partial charge is 0.306 e. The van der Waals surface area contributed by atoms with E-state index in [1.807, 2.05) is 17.5 Å². The molecule has 0 aliphatic rings. The molecule has 0 unspecified atom stereocenters. The number of aromatic nitrogens is 6. The monoisotopic (exact) mass is 419 g/mol. The van der Waals surface area contributed by atoms with Crippen molar-refractivity contribution in [2.24, 2.45) is 0 Å². The fraction of sp³-hybridized carbons (Fsp3) is 0.0500. The number of halogens is 1. The number of thiazole rings is 1. The first kappa shape index (κ1) is 18.1. The lowest BCUT2D eigenvalue weighted by Gasteiger charge is -2.06. The highest BCUT2D eigenvalue weighted by Gasteiger charge is 2.19. The first-order chi connectivity index (χ1) is 14.6. The van der Waals surface area contributed by atoms with Gasteiger partial charge in [0, 0.05) is 35.9 Å². The van der Waals surface area contributed by atoms with Crippen molar-refractivity contribution < 1.29 is 9.18 Å². The number of anilines is 1. The zero-order valence-corrected chi connectivity index (χ0v) is 16.5. The molecule has 30 heavy (non-hydrogen) atoms. The number of hydrogen-bond donors (Lipinski definition) is 1. The van der Waals surface area contributed by atoms with E-state index in [1.165, 1.54) is 29.8 Å². The smallest absolute Gasteiger partial charge is 0.268 e. The summed E-state index contributed by atoms with van der Waals surface area (Å²) in [6.45, 7) is 1.85. The summed E-state index contributed by atoms with van der Waals surface area (Å²) in [7, 11) is 0. The van der Waals surface area contributed by atoms with Crippen molar-refractivity contribution in [2.45, 2.75) is 6.92 Å². The van der Waals surface area contributed by atoms with Gasteiger partial charge in [0.2, 0.25) is 0 Å². The second kappa shape index (κ2) is 7.16. The Morgan fingerprint density at radius 1 is 1.20 bits per heavy atom. The standard InChI is InChI=1S/C20H14FN7OS/c1-12-18(19(29)26-16-8-17(24-10-23-16)27-7-6-22-11-27)30-20-25-15(9-28(12)20)13-2-4-14(21)5-3-13/h2-11H,1H3,(H,23,24,26,29). The van der Waals surface area contributed by atoms with Crippen molar-refractivity contribution >= 4 is 28.0 Å². The molecule has 5 rings (SSSR count). The number of nitrogens with zero attached hydrogens (tertiary/aromatic N) is 6. The molecule has 0 radical (unpaired) electrons. The Balaban J connectivity index is 1.41. The third kappa shape index (κ3) is 3.22. The lowest BCUT2D eigenvalue weighted by Crippen LogP contribution is -2.13. The number of carbonyl (C=O) groups excluding carboxylic acids is 1. The number of imidazole rings is 2. The van der Waals surface area contributed by atoms with Crippen LogP contribution in [0.1, 0.15) is 15.4 Å². The summed E-state index contributed by atoms with van der Waals surface area (Å²) < 4.78 is 16.7. The van der Waals surface area contributed by atoms with Gasteiger partial charge >= 0.3 is 0 Å². The number of nitrogens with one attached hydrogen (secondary N) is 1. The molecule has 4 heterocycles. The van der Waals surface area contributed by atoms with Crippen molar-refractivity contribution in [3.8, 4) is 17.1 Å². The maximum absolute atomic E-state index is 13.2. The molecular formula is C20H14FN7OS. The number of benzene rings is 1. The number of amides is 1. The highest BCUT2D eigenvalue weighted by atomic mass is 32.1. The summed E-state index contributed by atoms with van der Waals surface area (Å²) in [6, 6.07) is 7.82. The van der Waals surface area contributed by atoms with Crippen LogP contribution in [-0.2, 0) is 0 Å². The van der Waals surface area contributed by atoms with Gasteiger partial charge in [-0.1, -0.05) is 11.3 Å². The fourth-order valence-electron chi connectivity index (χ4n) is 3.04. The molecule has 1 aromatic carbocycles. The van der Waals surface area contributed by atoms with E-state index < -0.39 is 0 Å². The fourth-order valence-corrected chi connectivity index (χ4v) is 4.05. The third-order valence-corrected chi connectivity index (χ3v) is 5.72. The lowest BCUT2D eigenvalue weighted by molar-refractivity contribution is 0.102. The van der Waals surface area contributed by atoms with Crippen LogP contribution >= 0.6 is 11.3 Å². The van der Waals surface area contributed by atoms with E-state index >= 15 is 0 Å². The topological polar surface area (TPSA) is 90.0 Å². The van der Waals surface area contributed by atoms with Crippen molar-refractivity contribution in [2.75, 3.05) is 5.32 Å². The third-order valence-electron chi connectivity index (χ3n) is 4.57. The Labute approximate surface area is 173 Å². The molecular weight excluding hydrogens is 405 g/mol. The Hall–Kier alpha value is -3.92. The predicted molar refractivity (Wildman–Crippen MR) is 110 cm³/mol. The molecule has 0 aliphatic heterocycles. The molecule has 0 fully saturated rings. The van der Waals surface area contributed by atoms with E-state index in [-0.39, 0.29) is 11.7 Å². The summed E-state index contributed by atoms with van der Waals surface area (Å²) >= 11 is 1.28. The van der Waals surface area contributed by atoms with Crippen molar-refractivity contribution in [3.63, 3.8) is 0 Å². The number of aryl methyl sites for hydroxylation is 1. The molecule has 0 bridgehead atoms. The maximum atomic E-state index is 13.2. The van der Waals surface area contributed by atoms with E-state index in [1.54, 1.807) is 41.5 Å². The Morgan fingerprint density at radius 2 is 2.03 bits per heavy atom. The van der Waals surface area contributed by atoms with Gasteiger partial charge in [-0.3, -0.25) is 13.8 Å². The number of fused-ring (bicyclic) bond motifs is 1. The molecule has 8 nitrogen and oxygen atoms in total. The van der Waals surface area contributed by atoms with E-state index in [9.17, 15) is 9.18 Å². The molecule has 5 aromatic rings. The molecule has 1 N–H and O–H groups in total. The van der Waals surface area contributed by atoms with Gasteiger partial charge in [0.1, 0.15) is 35.0 Å². The summed E-state index contributed by atoms with van der Waals surface area (Å²) in [6.07, 6.45) is 8.24. The van der Waals surface area contributed by atoms with Crippen molar-refractivity contribution in [1.82, 2.24) is 28.9 Å². The second-order valence-corrected chi connectivity index (χ2v) is 7.47. The molecule has 0 saturated carbocycles. The minimum absolute atomic E-state index is 0.276. The van der Waals surface area contributed by atoms with Gasteiger partial charge in [-0.25, -0.2) is 24.3 Å². The van der Waals surface area contributed by atoms with Crippen LogP contribution < -0.4 is 5.32 Å². The lowest BCUT2D eigenvalue weighted by atomic mass is 10.2. The maximum Gasteiger partial charge on any atom is 0.268 e. The predicted octanol–water partition coefficient (Wildman–Crippen LogP) is 3.74. The molecule has 0 saturated heterocycles. The zero-order valence-electron chi connectivity index (χ0n) is 15.7. The Kier molecular flexibility index (Phi) is 4.32. The first-order valence-corrected chi connectivity index (χ1v) is 9.76. The average molecular weight is 419 g/mol. The highest BCUT2D eigenvalue weighted by molar-refractivity contribution is 7.19. The Morgan fingerprint density at radius 3 is 2.77 bits per heavy atom. The summed E-state index contributed by atoms with van der Waals surface area (Å²) in [5.41, 5.74) is 2.29. The van der Waals surface area contributed by atoms with Gasteiger partial charge in [-0.2, -0.15) is 0 Å². The van der Waals surface area contributed by atoms with E-state index in [4.69, 9.17) is 0 Å². The van der Waals surface area contributed by atoms with E-state index in [0.717, 1.165) is 17.0 Å². The molecule has 0 spiro atoms. The van der Waals surface area contributed by atoms with Gasteiger partial charge in [0.15, 0.2) is 4.96 Å². The number of hydrogen-bond acceptors (Lipinski definition) is 6. The zero-order chi connectivity index (χ0) is 20.7. The van der Waals surface area contributed by atoms with Crippen molar-refractivity contribution in [1.29, 1.82) is 0 Å². The van der Waals surface area contributed by atoms with E-state index in [0.29, 0.717) is 21.5 Å². The number of carbonyl (C=O) groups is 1. The van der Waals surface area contributed by atoms with Gasteiger partial charge in [0.05, 0.1) is 5.69 Å². The molecule has 0 aliphatic carbocycles. The van der Waals surface area contributed by atoms with E-state index in [2.05, 4.69) is 25.3 Å². The van der Waals surface area contributed by atoms with Crippen molar-refractivity contribution in [3.05, 3.63) is 78.0 Å². The molecule has 148 valence electrons. The summed E-state index contributed by atoms with van der Waals surface area (Å²) in [4.78, 5) is 30.9. The number of rotatable bonds is 4. The molecule has 0 atom stereocenters. The Bertz CT molecular complexity index is 1360. The van der Waals surface area contributed by atoms with Gasteiger partial charge < -0.3 is 5.32 Å². The van der Waals surface area contributed by atoms with Crippen LogP contribution in [0.4, 0.5) is 10.2 Å². The van der Waals surface area contributed by atoms with Crippen LogP contribution in [0.5, 0.6) is 0 Å². The van der Waals surface area contributed by atoms with Crippen LogP contribution in [0.3, 0.4) is 0 Å². The minimum atomic E-state index is -0.296. The molecule has 10 heteroatoms. The second-order valence-electron chi connectivity index (χ2n) is 6.49. The van der Waals surface area contributed by atoms with Gasteiger partial charge in [0.25, 0.3) is 5.91 Å². The van der Waals surface area contributed by atoms with Gasteiger partial charge in [-0.15, -0.1) is 0 Å². The first-order valence-electron chi connectivity index (χ1n) is 8.94. The van der Waals surface area contributed by atoms with Gasteiger partial charge in [-0.05, 0) is 31.2 Å². The van der Waals surface area contributed by atoms with Crippen LogP contribution in [0.25, 0.3) is 22.0 Å². The SMILES string of the molecule is Cc1c(C(=O)Nc2cc(-n3ccnc3)ncn2)sc2nc(-c3ccc(F)cc3)cn12. The van der Waals surface area contributed by atoms with Crippen LogP contribution in [0, 0.1) is 12.7 Å².